The van der Waals surface area contributed by atoms with Gasteiger partial charge in [-0.1, -0.05) is 24.3 Å². The number of hydrogen-bond acceptors (Lipinski definition) is 8. The minimum absolute atomic E-state index is 0.0267. The highest BCUT2D eigenvalue weighted by Crippen LogP contribution is 2.41. The monoisotopic (exact) mass is 613 g/mol. The van der Waals surface area contributed by atoms with Gasteiger partial charge in [0.05, 0.1) is 18.9 Å². The number of imidazole rings is 1. The first-order valence-electron chi connectivity index (χ1n) is 16.5. The Hall–Kier alpha value is -3.73. The number of aliphatic hydroxyl groups is 1. The summed E-state index contributed by atoms with van der Waals surface area (Å²) in [5.74, 6) is 2.03. The van der Waals surface area contributed by atoms with Gasteiger partial charge in [0.25, 0.3) is 5.91 Å². The van der Waals surface area contributed by atoms with Crippen molar-refractivity contribution in [2.75, 3.05) is 40.0 Å². The number of piperazine rings is 1. The summed E-state index contributed by atoms with van der Waals surface area (Å²) >= 11 is 0. The number of hydrogen-bond donors (Lipinski definition) is 2. The number of rotatable bonds is 11. The first-order valence-corrected chi connectivity index (χ1v) is 16.5. The normalized spacial score (nSPS) is 22.8. The number of nitrogens with zero attached hydrogens (tertiary/aromatic N) is 4. The largest absolute Gasteiger partial charge is 0.493 e. The van der Waals surface area contributed by atoms with E-state index in [0.29, 0.717) is 37.7 Å². The van der Waals surface area contributed by atoms with Crippen LogP contribution in [0.1, 0.15) is 85.3 Å². The number of carbonyl (C=O) groups is 1. The van der Waals surface area contributed by atoms with Crippen LogP contribution in [0.5, 0.6) is 5.75 Å². The maximum absolute atomic E-state index is 14.4. The predicted octanol–water partition coefficient (Wildman–Crippen LogP) is 5.18. The van der Waals surface area contributed by atoms with E-state index in [1.807, 2.05) is 29.4 Å². The smallest absolute Gasteiger partial charge is 0.274 e. The molecule has 1 unspecified atom stereocenters. The van der Waals surface area contributed by atoms with E-state index in [1.165, 1.54) is 0 Å². The second-order valence-corrected chi connectivity index (χ2v) is 12.5. The van der Waals surface area contributed by atoms with E-state index in [9.17, 15) is 9.90 Å². The highest BCUT2D eigenvalue weighted by atomic mass is 16.5. The molecule has 10 heteroatoms. The molecule has 0 spiro atoms. The van der Waals surface area contributed by atoms with Gasteiger partial charge in [0, 0.05) is 62.8 Å². The summed E-state index contributed by atoms with van der Waals surface area (Å²) in [6.45, 7) is 2.44. The zero-order valence-corrected chi connectivity index (χ0v) is 26.0. The van der Waals surface area contributed by atoms with Gasteiger partial charge in [-0.2, -0.15) is 0 Å². The minimum Gasteiger partial charge on any atom is -0.493 e. The molecule has 0 radical (unpaired) electrons. The highest BCUT2D eigenvalue weighted by molar-refractivity contribution is 5.94. The van der Waals surface area contributed by atoms with Crippen LogP contribution >= 0.6 is 0 Å². The highest BCUT2D eigenvalue weighted by Gasteiger charge is 2.34. The maximum atomic E-state index is 14.4. The fourth-order valence-corrected chi connectivity index (χ4v) is 6.99. The van der Waals surface area contributed by atoms with Crippen LogP contribution in [0.25, 0.3) is 16.8 Å². The summed E-state index contributed by atoms with van der Waals surface area (Å²) in [6, 6.07) is 5.77. The van der Waals surface area contributed by atoms with Crippen molar-refractivity contribution in [2.24, 2.45) is 0 Å². The van der Waals surface area contributed by atoms with Crippen molar-refractivity contribution in [3.05, 3.63) is 71.7 Å². The summed E-state index contributed by atoms with van der Waals surface area (Å²) in [5, 5.41) is 13.5. The SMILES string of the molecule is CO[C@@H](CO)C1=C(n2cnc(C(=O)N3CCNC[C@H]3CCOc3ccc4oc(C5CC5)nc4c3)c2C2C=CC=CC2)CCCC1. The molecular formula is C35H43N5O5. The molecule has 4 aliphatic rings. The van der Waals surface area contributed by atoms with Crippen LogP contribution < -0.4 is 10.1 Å². The fraction of sp³-hybridized carbons (Fsp3) is 0.514. The van der Waals surface area contributed by atoms with Gasteiger partial charge >= 0.3 is 0 Å². The maximum Gasteiger partial charge on any atom is 0.274 e. The molecule has 1 saturated heterocycles. The van der Waals surface area contributed by atoms with E-state index < -0.39 is 0 Å². The van der Waals surface area contributed by atoms with Gasteiger partial charge in [0.1, 0.15) is 23.7 Å². The zero-order chi connectivity index (χ0) is 30.8. The molecule has 45 heavy (non-hydrogen) atoms. The number of fused-ring (bicyclic) bond motifs is 1. The molecule has 238 valence electrons. The summed E-state index contributed by atoms with van der Waals surface area (Å²) in [7, 11) is 1.64. The predicted molar refractivity (Wildman–Crippen MR) is 171 cm³/mol. The number of oxazole rings is 1. The third-order valence-electron chi connectivity index (χ3n) is 9.58. The molecule has 2 fully saturated rings. The topological polar surface area (TPSA) is 115 Å². The molecule has 3 aromatic rings. The van der Waals surface area contributed by atoms with Crippen molar-refractivity contribution in [1.82, 2.24) is 24.8 Å². The molecular weight excluding hydrogens is 570 g/mol. The molecule has 1 saturated carbocycles. The summed E-state index contributed by atoms with van der Waals surface area (Å²) in [5.41, 5.74) is 5.25. The van der Waals surface area contributed by atoms with Crippen LogP contribution in [-0.2, 0) is 4.74 Å². The van der Waals surface area contributed by atoms with Gasteiger partial charge in [-0.05, 0) is 62.7 Å². The molecule has 1 aliphatic heterocycles. The Bertz CT molecular complexity index is 1610. The van der Waals surface area contributed by atoms with Gasteiger partial charge < -0.3 is 33.8 Å². The Labute approximate surface area is 263 Å². The molecule has 3 aliphatic carbocycles. The molecule has 3 atom stereocenters. The lowest BCUT2D eigenvalue weighted by molar-refractivity contribution is 0.0599. The van der Waals surface area contributed by atoms with Crippen LogP contribution in [0, 0.1) is 0 Å². The zero-order valence-electron chi connectivity index (χ0n) is 26.0. The third-order valence-corrected chi connectivity index (χ3v) is 9.58. The van der Waals surface area contributed by atoms with Gasteiger partial charge in [-0.15, -0.1) is 0 Å². The van der Waals surface area contributed by atoms with Gasteiger partial charge in [-0.25, -0.2) is 9.97 Å². The number of amides is 1. The number of nitrogens with one attached hydrogen (secondary N) is 1. The Balaban J connectivity index is 1.12. The first kappa shape index (κ1) is 30.0. The van der Waals surface area contributed by atoms with Crippen molar-refractivity contribution >= 4 is 22.7 Å². The summed E-state index contributed by atoms with van der Waals surface area (Å²) < 4.78 is 19.9. The van der Waals surface area contributed by atoms with Crippen molar-refractivity contribution in [3.8, 4) is 5.75 Å². The van der Waals surface area contributed by atoms with Crippen molar-refractivity contribution in [2.45, 2.75) is 75.3 Å². The van der Waals surface area contributed by atoms with E-state index in [-0.39, 0.29) is 30.6 Å². The van der Waals surface area contributed by atoms with Crippen LogP contribution in [0.4, 0.5) is 0 Å². The molecule has 10 nitrogen and oxygen atoms in total. The van der Waals surface area contributed by atoms with Gasteiger partial charge in [-0.3, -0.25) is 4.79 Å². The van der Waals surface area contributed by atoms with Gasteiger partial charge in [0.15, 0.2) is 17.2 Å². The van der Waals surface area contributed by atoms with Crippen LogP contribution in [0.3, 0.4) is 0 Å². The number of carbonyl (C=O) groups excluding carboxylic acids is 1. The van der Waals surface area contributed by atoms with Crippen LogP contribution in [0.2, 0.25) is 0 Å². The summed E-state index contributed by atoms with van der Waals surface area (Å²) in [6.07, 6.45) is 17.5. The Morgan fingerprint density at radius 3 is 2.91 bits per heavy atom. The van der Waals surface area contributed by atoms with Gasteiger partial charge in [0.2, 0.25) is 0 Å². The number of ether oxygens (including phenoxy) is 2. The molecule has 2 aromatic heterocycles. The minimum atomic E-state index is -0.362. The quantitative estimate of drug-likeness (QED) is 0.304. The molecule has 1 aromatic carbocycles. The number of methoxy groups -OCH3 is 1. The Morgan fingerprint density at radius 2 is 2.11 bits per heavy atom. The molecule has 7 rings (SSSR count). The Morgan fingerprint density at radius 1 is 1.22 bits per heavy atom. The van der Waals surface area contributed by atoms with E-state index in [4.69, 9.17) is 18.9 Å². The molecule has 1 amide bonds. The summed E-state index contributed by atoms with van der Waals surface area (Å²) in [4.78, 5) is 25.8. The lowest BCUT2D eigenvalue weighted by Gasteiger charge is -2.36. The van der Waals surface area contributed by atoms with E-state index in [1.54, 1.807) is 7.11 Å². The molecule has 0 bridgehead atoms. The second kappa shape index (κ2) is 13.3. The van der Waals surface area contributed by atoms with Crippen molar-refractivity contribution in [1.29, 1.82) is 0 Å². The second-order valence-electron chi connectivity index (χ2n) is 12.5. The standard InChI is InChI=1S/C35H43N5O5/c1-43-31(21-41)27-9-5-6-10-29(27)40-22-37-32(33(40)23-7-3-2-4-8-23)35(42)39-17-16-36-20-25(39)15-18-44-26-13-14-30-28(19-26)38-34(45-30)24-11-12-24/h2-4,7,13-14,19,22-25,31,36,41H,5-6,8-12,15-18,20-21H2,1H3/t23?,25-,31+/m1/s1. The lowest BCUT2D eigenvalue weighted by atomic mass is 9.90. The van der Waals surface area contributed by atoms with Crippen LogP contribution in [-0.4, -0.2) is 82.6 Å². The van der Waals surface area contributed by atoms with E-state index >= 15 is 0 Å². The average molecular weight is 614 g/mol. The number of aromatic nitrogens is 3. The number of allylic oxidation sites excluding steroid dienone is 5. The Kier molecular flexibility index (Phi) is 8.87. The van der Waals surface area contributed by atoms with Crippen molar-refractivity contribution in [3.63, 3.8) is 0 Å². The van der Waals surface area contributed by atoms with E-state index in [2.05, 4.69) is 39.2 Å². The van der Waals surface area contributed by atoms with Crippen LogP contribution in [0.15, 0.2) is 58.8 Å². The third kappa shape index (κ3) is 6.23. The van der Waals surface area contributed by atoms with Crippen molar-refractivity contribution < 1.29 is 23.8 Å². The average Bonchev–Trinajstić information content (AvgIpc) is 3.70. The number of benzene rings is 1. The van der Waals surface area contributed by atoms with E-state index in [0.717, 1.165) is 91.2 Å². The first-order chi connectivity index (χ1) is 22.1. The number of aliphatic hydroxyl groups excluding tert-OH is 1. The fourth-order valence-electron chi connectivity index (χ4n) is 6.99. The molecule has 2 N–H and O–H groups in total. The molecule has 3 heterocycles. The lowest BCUT2D eigenvalue weighted by Crippen LogP contribution is -2.54.